The molecule has 1 unspecified atom stereocenters. The topological polar surface area (TPSA) is 256 Å². The van der Waals surface area contributed by atoms with Crippen molar-refractivity contribution in [3.63, 3.8) is 0 Å². The first kappa shape index (κ1) is 48.4. The number of nitrogens with zero attached hydrogens (tertiary/aromatic N) is 1. The molecule has 15 heteroatoms. The highest BCUT2D eigenvalue weighted by Crippen LogP contribution is 2.53. The molecular formula is C37H65N5O10. The minimum atomic E-state index is -1.22. The van der Waals surface area contributed by atoms with Crippen LogP contribution in [-0.2, 0) is 28.7 Å². The van der Waals surface area contributed by atoms with Crippen molar-refractivity contribution in [2.24, 2.45) is 27.8 Å². The molecule has 1 fully saturated rings. The van der Waals surface area contributed by atoms with Gasteiger partial charge in [-0.2, -0.15) is 0 Å². The minimum absolute atomic E-state index is 0.000498. The van der Waals surface area contributed by atoms with Crippen molar-refractivity contribution in [1.29, 1.82) is 0 Å². The van der Waals surface area contributed by atoms with Crippen LogP contribution in [0, 0.1) is 11.3 Å². The van der Waals surface area contributed by atoms with Gasteiger partial charge in [-0.05, 0) is 96.0 Å². The van der Waals surface area contributed by atoms with Crippen molar-refractivity contribution in [2.45, 2.75) is 135 Å². The van der Waals surface area contributed by atoms with E-state index in [1.165, 1.54) is 12.2 Å². The number of carbonyl (C=O) groups excluding carboxylic acids is 3. The van der Waals surface area contributed by atoms with Crippen LogP contribution in [0.4, 0.5) is 0 Å². The Hall–Kier alpha value is -3.63. The molecule has 0 saturated heterocycles. The number of carboxylic acid groups (broad SMARTS) is 1. The number of carbonyl (C=O) groups is 4. The molecule has 0 aromatic rings. The molecule has 2 amide bonds. The summed E-state index contributed by atoms with van der Waals surface area (Å²) >= 11 is 0. The van der Waals surface area contributed by atoms with Crippen LogP contribution in [0.15, 0.2) is 42.0 Å². The van der Waals surface area contributed by atoms with Crippen molar-refractivity contribution >= 4 is 29.5 Å². The normalized spacial score (nSPS) is 16.5. The minimum Gasteiger partial charge on any atom is -0.480 e. The average Bonchev–Trinajstić information content (AvgIpc) is 3.89. The van der Waals surface area contributed by atoms with E-state index < -0.39 is 49.1 Å². The summed E-state index contributed by atoms with van der Waals surface area (Å²) in [6, 6.07) is -0.923. The molecule has 0 aliphatic heterocycles. The van der Waals surface area contributed by atoms with Gasteiger partial charge in [0.2, 0.25) is 5.91 Å². The third-order valence-corrected chi connectivity index (χ3v) is 9.24. The molecule has 1 aliphatic rings. The maximum Gasteiger partial charge on any atom is 0.326 e. The van der Waals surface area contributed by atoms with Crippen molar-refractivity contribution in [1.82, 2.24) is 10.6 Å². The molecule has 0 radical (unpaired) electrons. The number of aliphatic carboxylic acids is 1. The second-order valence-corrected chi connectivity index (χ2v) is 13.3. The summed E-state index contributed by atoms with van der Waals surface area (Å²) in [6.07, 6.45) is 9.12. The number of aliphatic imine (C=N–C) groups is 1. The fraction of sp³-hybridized carbons (Fsp3) is 0.703. The molecule has 1 rings (SSSR count). The second-order valence-electron chi connectivity index (χ2n) is 13.3. The molecular weight excluding hydrogens is 674 g/mol. The van der Waals surface area contributed by atoms with Crippen molar-refractivity contribution in [3.05, 3.63) is 37.0 Å². The SMILES string of the molecule is C/C=C/C(=O)NC(CCCN=C(N)N)C(=O)O.C=CCCCC(=O)C[C@@H](O)C1(CCC[C@@H](NC(=O)[C@@H](O)CCC(=C)[C@@H](C)[C@@H](C)OC)OCO)CC1. The highest BCUT2D eigenvalue weighted by Gasteiger charge is 2.48. The van der Waals surface area contributed by atoms with Gasteiger partial charge < -0.3 is 52.0 Å². The van der Waals surface area contributed by atoms with Gasteiger partial charge in [0.15, 0.2) is 5.96 Å². The molecule has 1 aliphatic carbocycles. The van der Waals surface area contributed by atoms with Crippen LogP contribution in [0.2, 0.25) is 0 Å². The Bertz CT molecular complexity index is 1170. The quantitative estimate of drug-likeness (QED) is 0.0144. The van der Waals surface area contributed by atoms with Crippen LogP contribution >= 0.6 is 0 Å². The molecule has 298 valence electrons. The monoisotopic (exact) mass is 739 g/mol. The maximum absolute atomic E-state index is 12.4. The summed E-state index contributed by atoms with van der Waals surface area (Å²) < 4.78 is 10.5. The van der Waals surface area contributed by atoms with Gasteiger partial charge in [0.1, 0.15) is 30.9 Å². The summed E-state index contributed by atoms with van der Waals surface area (Å²) in [6.45, 7) is 13.1. The van der Waals surface area contributed by atoms with Crippen molar-refractivity contribution in [2.75, 3.05) is 20.4 Å². The van der Waals surface area contributed by atoms with E-state index in [4.69, 9.17) is 26.0 Å². The van der Waals surface area contributed by atoms with Crippen LogP contribution in [0.25, 0.3) is 0 Å². The molecule has 52 heavy (non-hydrogen) atoms. The first-order chi connectivity index (χ1) is 24.6. The summed E-state index contributed by atoms with van der Waals surface area (Å²) in [5.74, 6) is -1.92. The lowest BCUT2D eigenvalue weighted by Gasteiger charge is -2.24. The number of ether oxygens (including phenoxy) is 2. The number of nitrogens with two attached hydrogens (primary N) is 2. The first-order valence-corrected chi connectivity index (χ1v) is 18.0. The lowest BCUT2D eigenvalue weighted by atomic mass is 9.88. The van der Waals surface area contributed by atoms with E-state index in [1.54, 1.807) is 20.1 Å². The molecule has 10 N–H and O–H groups in total. The number of aliphatic hydroxyl groups is 3. The Kier molecular flexibility index (Phi) is 25.2. The highest BCUT2D eigenvalue weighted by atomic mass is 16.6. The van der Waals surface area contributed by atoms with Gasteiger partial charge in [0.25, 0.3) is 5.91 Å². The number of guanidine groups is 1. The Morgan fingerprint density at radius 2 is 1.69 bits per heavy atom. The Balaban J connectivity index is 0.00000128. The zero-order valence-electron chi connectivity index (χ0n) is 31.6. The number of unbranched alkanes of at least 4 members (excludes halogenated alkanes) is 1. The number of hydrogen-bond acceptors (Lipinski definition) is 10. The highest BCUT2D eigenvalue weighted by molar-refractivity contribution is 5.91. The van der Waals surface area contributed by atoms with Crippen molar-refractivity contribution in [3.8, 4) is 0 Å². The zero-order valence-corrected chi connectivity index (χ0v) is 31.6. The third kappa shape index (κ3) is 21.0. The van der Waals surface area contributed by atoms with Crippen LogP contribution in [0.3, 0.4) is 0 Å². The van der Waals surface area contributed by atoms with E-state index in [-0.39, 0.29) is 48.4 Å². The van der Waals surface area contributed by atoms with Crippen LogP contribution < -0.4 is 22.1 Å². The van der Waals surface area contributed by atoms with Gasteiger partial charge in [0, 0.05) is 32.4 Å². The predicted molar refractivity (Wildman–Crippen MR) is 200 cm³/mol. The zero-order chi connectivity index (χ0) is 39.7. The number of ketones is 1. The molecule has 0 aromatic carbocycles. The summed E-state index contributed by atoms with van der Waals surface area (Å²) in [5.41, 5.74) is 10.9. The number of allylic oxidation sites excluding steroid dienone is 2. The smallest absolute Gasteiger partial charge is 0.326 e. The number of amides is 2. The van der Waals surface area contributed by atoms with Gasteiger partial charge in [-0.15, -0.1) is 6.58 Å². The predicted octanol–water partition coefficient (Wildman–Crippen LogP) is 2.58. The number of aliphatic hydroxyl groups excluding tert-OH is 3. The standard InChI is InChI=1S/C27H47NO7.C10H18N4O3/c1-6-7-8-10-22(30)17-24(32)27(15-16-27)14-9-11-25(35-18-29)28-26(33)23(31)13-12-19(2)20(3)21(4)34-5;1-2-4-8(15)14-7(9(16)17)5-3-6-13-10(11)12/h6,20-21,23-25,29,31-32H,1-2,7-18H2,3-5H3,(H,28,33);2,4,7H,3,5-6H2,1H3,(H,14,15)(H,16,17)(H4,11,12,13)/b;4-2+/t20-,21-,23+,24-,25+;/m1./s1. The fourth-order valence-corrected chi connectivity index (χ4v) is 5.42. The van der Waals surface area contributed by atoms with Gasteiger partial charge in [-0.3, -0.25) is 19.4 Å². The molecule has 15 nitrogen and oxygen atoms in total. The molecule has 0 aromatic heterocycles. The Labute approximate surface area is 309 Å². The van der Waals surface area contributed by atoms with Gasteiger partial charge in [-0.1, -0.05) is 31.2 Å². The van der Waals surface area contributed by atoms with E-state index in [2.05, 4.69) is 28.8 Å². The van der Waals surface area contributed by atoms with E-state index in [0.717, 1.165) is 31.3 Å². The Morgan fingerprint density at radius 3 is 2.23 bits per heavy atom. The third-order valence-electron chi connectivity index (χ3n) is 9.24. The van der Waals surface area contributed by atoms with Gasteiger partial charge in [-0.25, -0.2) is 4.79 Å². The number of nitrogens with one attached hydrogen (secondary N) is 2. The molecule has 0 heterocycles. The molecule has 1 saturated carbocycles. The second kappa shape index (κ2) is 27.0. The number of carboxylic acids is 1. The van der Waals surface area contributed by atoms with E-state index in [9.17, 15) is 34.5 Å². The first-order valence-electron chi connectivity index (χ1n) is 18.0. The largest absolute Gasteiger partial charge is 0.480 e. The lowest BCUT2D eigenvalue weighted by molar-refractivity contribution is -0.141. The van der Waals surface area contributed by atoms with Crippen molar-refractivity contribution < 1.29 is 49.1 Å². The maximum atomic E-state index is 12.4. The van der Waals surface area contributed by atoms with Gasteiger partial charge in [0.05, 0.1) is 12.2 Å². The lowest BCUT2D eigenvalue weighted by Crippen LogP contribution is -2.43. The fourth-order valence-electron chi connectivity index (χ4n) is 5.42. The molecule has 6 atom stereocenters. The van der Waals surface area contributed by atoms with E-state index in [1.807, 2.05) is 13.8 Å². The number of methoxy groups -OCH3 is 1. The van der Waals surface area contributed by atoms with Crippen LogP contribution in [0.5, 0.6) is 0 Å². The summed E-state index contributed by atoms with van der Waals surface area (Å²) in [7, 11) is 1.63. The number of rotatable bonds is 28. The van der Waals surface area contributed by atoms with Crippen LogP contribution in [0.1, 0.15) is 104 Å². The summed E-state index contributed by atoms with van der Waals surface area (Å²) in [4.78, 5) is 50.3. The number of Topliss-reactive ketones (excluding diaryl/α,β-unsaturated/α-hetero) is 1. The average molecular weight is 740 g/mol. The van der Waals surface area contributed by atoms with Crippen LogP contribution in [-0.4, -0.2) is 101 Å². The molecule has 0 spiro atoms. The van der Waals surface area contributed by atoms with Gasteiger partial charge >= 0.3 is 5.97 Å². The van der Waals surface area contributed by atoms with E-state index in [0.29, 0.717) is 45.1 Å². The molecule has 0 bridgehead atoms. The number of hydrogen-bond donors (Lipinski definition) is 8. The Morgan fingerprint density at radius 1 is 1.02 bits per heavy atom. The summed E-state index contributed by atoms with van der Waals surface area (Å²) in [5, 5.41) is 44.0. The van der Waals surface area contributed by atoms with E-state index >= 15 is 0 Å².